The first-order valence-corrected chi connectivity index (χ1v) is 22.9. The van der Waals surface area contributed by atoms with E-state index in [4.69, 9.17) is 37.4 Å². The zero-order valence-electron chi connectivity index (χ0n) is 39.2. The van der Waals surface area contributed by atoms with E-state index in [-0.39, 0.29) is 108 Å². The molecule has 6 aromatic rings. The molecule has 0 saturated carbocycles. The highest BCUT2D eigenvalue weighted by atomic mass is 35.5. The van der Waals surface area contributed by atoms with Crippen LogP contribution in [-0.2, 0) is 27.4 Å². The Balaban J connectivity index is 1.23. The number of halogens is 8. The van der Waals surface area contributed by atoms with E-state index in [2.05, 4.69) is 19.4 Å². The van der Waals surface area contributed by atoms with E-state index in [9.17, 15) is 50.6 Å². The largest absolute Gasteiger partial charge is 0.573 e. The van der Waals surface area contributed by atoms with Gasteiger partial charge in [-0.15, -0.1) is 26.3 Å². The monoisotopic (exact) mass is 1070 g/mol. The van der Waals surface area contributed by atoms with Crippen LogP contribution in [0.15, 0.2) is 84.9 Å². The number of hydrogen-bond donors (Lipinski definition) is 1. The van der Waals surface area contributed by atoms with Crippen molar-refractivity contribution in [2.45, 2.75) is 32.2 Å². The number of hydrogen-bond acceptors (Lipinski definition) is 12. The van der Waals surface area contributed by atoms with Crippen molar-refractivity contribution < 1.29 is 74.3 Å². The molecular weight excluding hydrogens is 1030 g/mol. The summed E-state index contributed by atoms with van der Waals surface area (Å²) in [6.45, 7) is -1.55. The number of nitrogens with zero attached hydrogens (tertiary/aromatic N) is 8. The second kappa shape index (κ2) is 21.5. The van der Waals surface area contributed by atoms with E-state index >= 15 is 0 Å². The van der Waals surface area contributed by atoms with Gasteiger partial charge in [0.25, 0.3) is 11.8 Å². The van der Waals surface area contributed by atoms with Crippen molar-refractivity contribution >= 4 is 58.5 Å². The van der Waals surface area contributed by atoms with Crippen LogP contribution in [-0.4, -0.2) is 131 Å². The van der Waals surface area contributed by atoms with Gasteiger partial charge in [0.2, 0.25) is 11.8 Å². The molecule has 2 aliphatic heterocycles. The Labute approximate surface area is 426 Å². The molecule has 0 atom stereocenters. The minimum absolute atomic E-state index is 0.00273. The number of imidazole rings is 2. The molecule has 0 aliphatic carbocycles. The Hall–Kier alpha value is -7.54. The number of aliphatic hydroxyl groups is 1. The first-order chi connectivity index (χ1) is 35.1. The van der Waals surface area contributed by atoms with Crippen molar-refractivity contribution in [1.29, 1.82) is 0 Å². The van der Waals surface area contributed by atoms with Crippen LogP contribution in [0.25, 0.3) is 11.1 Å². The van der Waals surface area contributed by atoms with Crippen LogP contribution in [0.2, 0.25) is 10.0 Å². The number of anilines is 2. The summed E-state index contributed by atoms with van der Waals surface area (Å²) in [4.78, 5) is 68.9. The quantitative estimate of drug-likeness (QED) is 0.0681. The number of carbonyl (C=O) groups is 4. The lowest BCUT2D eigenvalue weighted by Crippen LogP contribution is -2.39. The van der Waals surface area contributed by atoms with Gasteiger partial charge in [-0.3, -0.25) is 38.1 Å². The molecule has 0 fully saturated rings. The molecule has 74 heavy (non-hydrogen) atoms. The third kappa shape index (κ3) is 11.9. The highest BCUT2D eigenvalue weighted by molar-refractivity contribution is 6.33. The van der Waals surface area contributed by atoms with Crippen molar-refractivity contribution in [2.24, 2.45) is 0 Å². The molecule has 4 aromatic carbocycles. The Morgan fingerprint density at radius 3 is 1.73 bits per heavy atom. The Kier molecular flexibility index (Phi) is 15.3. The number of ether oxygens (including phenoxy) is 5. The van der Waals surface area contributed by atoms with E-state index in [1.807, 2.05) is 0 Å². The summed E-state index contributed by atoms with van der Waals surface area (Å²) < 4.78 is 110. The third-order valence-electron chi connectivity index (χ3n) is 11.5. The first kappa shape index (κ1) is 52.8. The van der Waals surface area contributed by atoms with E-state index in [0.29, 0.717) is 17.0 Å². The summed E-state index contributed by atoms with van der Waals surface area (Å²) >= 11 is 13.0. The molecule has 26 heteroatoms. The maximum Gasteiger partial charge on any atom is 0.573 e. The molecule has 4 heterocycles. The highest BCUT2D eigenvalue weighted by Gasteiger charge is 2.39. The van der Waals surface area contributed by atoms with Gasteiger partial charge in [0.1, 0.15) is 36.1 Å². The average molecular weight is 1080 g/mol. The van der Waals surface area contributed by atoms with Crippen molar-refractivity contribution in [1.82, 2.24) is 28.9 Å². The SMILES string of the molecule is COCCCN1CC(=O)N(C)c2nc(Oc3cc(OC(F)(F)F)cc(-c4cc(Cn5c(Oc6cccc(OC(F)(F)F)c6)nc6c5C(=O)N(CCO)CC(=O)N6C)ccc4Cl)c3)n(Cc3ccc(Cl)cc3)c2C1=O. The van der Waals surface area contributed by atoms with Gasteiger partial charge in [-0.25, -0.2) is 0 Å². The van der Waals surface area contributed by atoms with E-state index in [0.717, 1.165) is 34.1 Å². The van der Waals surface area contributed by atoms with Crippen LogP contribution in [0.1, 0.15) is 38.5 Å². The molecule has 390 valence electrons. The summed E-state index contributed by atoms with van der Waals surface area (Å²) in [7, 11) is 4.25. The second-order valence-electron chi connectivity index (χ2n) is 16.6. The van der Waals surface area contributed by atoms with Crippen molar-refractivity contribution in [3.8, 4) is 46.1 Å². The number of aliphatic hydroxyl groups excluding tert-OH is 1. The second-order valence-corrected chi connectivity index (χ2v) is 17.5. The fourth-order valence-corrected chi connectivity index (χ4v) is 8.40. The minimum Gasteiger partial charge on any atom is -0.425 e. The van der Waals surface area contributed by atoms with Crippen LogP contribution in [0, 0.1) is 0 Å². The maximum absolute atomic E-state index is 14.4. The topological polar surface area (TPSA) is 183 Å². The number of aromatic nitrogens is 4. The van der Waals surface area contributed by atoms with Crippen molar-refractivity contribution in [3.63, 3.8) is 0 Å². The van der Waals surface area contributed by atoms with Gasteiger partial charge in [0, 0.05) is 68.6 Å². The lowest BCUT2D eigenvalue weighted by molar-refractivity contribution is -0.275. The van der Waals surface area contributed by atoms with Gasteiger partial charge in [-0.1, -0.05) is 47.5 Å². The molecule has 0 spiro atoms. The molecule has 2 aromatic heterocycles. The van der Waals surface area contributed by atoms with Gasteiger partial charge in [0.15, 0.2) is 23.0 Å². The number of rotatable bonds is 17. The van der Waals surface area contributed by atoms with Gasteiger partial charge in [-0.05, 0) is 71.6 Å². The predicted molar refractivity (Wildman–Crippen MR) is 253 cm³/mol. The zero-order valence-corrected chi connectivity index (χ0v) is 40.7. The molecule has 1 N–H and O–H groups in total. The number of amides is 4. The maximum atomic E-state index is 14.4. The fourth-order valence-electron chi connectivity index (χ4n) is 8.05. The van der Waals surface area contributed by atoms with Gasteiger partial charge in [-0.2, -0.15) is 9.97 Å². The molecular formula is C48H42Cl2F6N8O10. The third-order valence-corrected chi connectivity index (χ3v) is 12.1. The molecule has 18 nitrogen and oxygen atoms in total. The van der Waals surface area contributed by atoms with E-state index in [1.54, 1.807) is 24.3 Å². The highest BCUT2D eigenvalue weighted by Crippen LogP contribution is 2.41. The number of benzene rings is 4. The summed E-state index contributed by atoms with van der Waals surface area (Å²) in [6, 6.07) is 17.9. The van der Waals surface area contributed by atoms with Crippen LogP contribution in [0.3, 0.4) is 0 Å². The molecule has 8 rings (SSSR count). The minimum atomic E-state index is -5.22. The number of alkyl halides is 6. The molecule has 0 unspecified atom stereocenters. The Bertz CT molecular complexity index is 3110. The van der Waals surface area contributed by atoms with Crippen molar-refractivity contribution in [2.75, 3.05) is 70.4 Å². The Morgan fingerprint density at radius 1 is 0.635 bits per heavy atom. The Morgan fingerprint density at radius 2 is 1.15 bits per heavy atom. The zero-order chi connectivity index (χ0) is 53.2. The van der Waals surface area contributed by atoms with Gasteiger partial charge < -0.3 is 38.6 Å². The average Bonchev–Trinajstić information content (AvgIpc) is 3.82. The van der Waals surface area contributed by atoms with Crippen molar-refractivity contribution in [3.05, 3.63) is 117 Å². The number of β-amino-alcohol motifs (C(OH)–C–C–N with tert-alkyl or cyclic N) is 1. The smallest absolute Gasteiger partial charge is 0.425 e. The van der Waals surface area contributed by atoms with Gasteiger partial charge in [0.05, 0.1) is 19.7 Å². The van der Waals surface area contributed by atoms with Crippen LogP contribution in [0.5, 0.6) is 35.0 Å². The molecule has 4 amide bonds. The lowest BCUT2D eigenvalue weighted by atomic mass is 10.0. The van der Waals surface area contributed by atoms with E-state index in [1.165, 1.54) is 76.5 Å². The molecule has 0 radical (unpaired) electrons. The van der Waals surface area contributed by atoms with Crippen LogP contribution >= 0.6 is 23.2 Å². The van der Waals surface area contributed by atoms with Crippen LogP contribution in [0.4, 0.5) is 38.0 Å². The summed E-state index contributed by atoms with van der Waals surface area (Å²) in [5.41, 5.74) is 0.668. The number of fused-ring (bicyclic) bond motifs is 2. The van der Waals surface area contributed by atoms with E-state index < -0.39 is 61.0 Å². The fraction of sp³-hybridized carbons (Fsp3) is 0.292. The summed E-state index contributed by atoms with van der Waals surface area (Å²) in [5, 5.41) is 10.2. The molecule has 2 aliphatic rings. The van der Waals surface area contributed by atoms with Crippen LogP contribution < -0.4 is 28.7 Å². The molecule has 0 saturated heterocycles. The molecule has 0 bridgehead atoms. The predicted octanol–water partition coefficient (Wildman–Crippen LogP) is 8.40. The van der Waals surface area contributed by atoms with Gasteiger partial charge >= 0.3 is 24.7 Å². The number of likely N-dealkylation sites (N-methyl/N-ethyl adjacent to an activating group) is 2. The summed E-state index contributed by atoms with van der Waals surface area (Å²) in [6.07, 6.45) is -9.88. The normalized spacial score (nSPS) is 14.3. The first-order valence-electron chi connectivity index (χ1n) is 22.2. The standard InChI is InChI=1S/C48H42Cl2F6N8O10/c1-59-37(66)25-61(14-5-17-70-3)43(68)39-41(59)58-46(63(39)23-27-8-11-30(49)12-9-27)72-33-19-29(20-34(22-33)74-48(54,55)56)35-18-28(10-13-36(35)50)24-64-40-42(60(2)38(67)26-62(15-16-65)44(40)69)57-45(64)71-31-6-4-7-32(21-31)73-47(51,52)53/h4,6-13,18-22,65H,5,14-17,23-26H2,1-3H3. The lowest BCUT2D eigenvalue weighted by Gasteiger charge is -2.21. The number of methoxy groups -OCH3 is 1. The number of carbonyl (C=O) groups excluding carboxylic acids is 4. The summed E-state index contributed by atoms with van der Waals surface area (Å²) in [5.74, 6) is -4.69.